The lowest BCUT2D eigenvalue weighted by molar-refractivity contribution is -0.144. The number of imidazole rings is 1. The zero-order valence-corrected chi connectivity index (χ0v) is 35.9. The molecule has 2 saturated heterocycles. The Morgan fingerprint density at radius 3 is 2.03 bits per heavy atom. The summed E-state index contributed by atoms with van der Waals surface area (Å²) in [6, 6.07) is -3.54. The monoisotopic (exact) mass is 880 g/mol. The number of carbonyl (C=O) groups is 8. The van der Waals surface area contributed by atoms with E-state index in [-0.39, 0.29) is 56.9 Å². The largest absolute Gasteiger partial charge is 0.508 e. The average molecular weight is 881 g/mol. The molecule has 4 rings (SSSR count). The summed E-state index contributed by atoms with van der Waals surface area (Å²) in [4.78, 5) is 123. The second kappa shape index (κ2) is 22.9. The number of aromatic nitrogens is 2. The van der Waals surface area contributed by atoms with Gasteiger partial charge in [-0.3, -0.25) is 43.3 Å². The van der Waals surface area contributed by atoms with Gasteiger partial charge in [0.2, 0.25) is 41.4 Å². The Morgan fingerprint density at radius 2 is 1.41 bits per heavy atom. The predicted molar refractivity (Wildman–Crippen MR) is 227 cm³/mol. The van der Waals surface area contributed by atoms with Crippen molar-refractivity contribution < 1.29 is 48.6 Å². The van der Waals surface area contributed by atoms with Gasteiger partial charge in [0.1, 0.15) is 48.0 Å². The lowest BCUT2D eigenvalue weighted by Gasteiger charge is -2.32. The molecule has 1 aromatic heterocycles. The fourth-order valence-electron chi connectivity index (χ4n) is 7.36. The van der Waals surface area contributed by atoms with Gasteiger partial charge in [0, 0.05) is 37.8 Å². The van der Waals surface area contributed by atoms with E-state index in [0.717, 1.165) is 0 Å². The van der Waals surface area contributed by atoms with Crippen LogP contribution in [0.4, 0.5) is 0 Å². The number of fused-ring (bicyclic) bond motifs is 1. The number of rotatable bonds is 13. The van der Waals surface area contributed by atoms with Gasteiger partial charge in [-0.05, 0) is 55.2 Å². The summed E-state index contributed by atoms with van der Waals surface area (Å²) in [5.41, 5.74) is 11.9. The molecule has 0 saturated carbocycles. The van der Waals surface area contributed by atoms with Crippen LogP contribution in [0.3, 0.4) is 0 Å². The zero-order chi connectivity index (χ0) is 46.4. The summed E-state index contributed by atoms with van der Waals surface area (Å²) in [7, 11) is 0. The Kier molecular flexibility index (Phi) is 17.8. The Bertz CT molecular complexity index is 1970. The summed E-state index contributed by atoms with van der Waals surface area (Å²) in [6.45, 7) is 6.95. The van der Waals surface area contributed by atoms with Crippen molar-refractivity contribution in [1.82, 2.24) is 46.8 Å². The molecule has 344 valence electrons. The fraction of sp³-hybridized carbons (Fsp3) is 0.561. The van der Waals surface area contributed by atoms with Crippen LogP contribution in [0.5, 0.6) is 5.75 Å². The topological polar surface area (TPSA) is 346 Å². The number of benzene rings is 1. The molecular formula is C41H60N12O10. The number of aliphatic carboxylic acids is 1. The second-order valence-corrected chi connectivity index (χ2v) is 16.2. The highest BCUT2D eigenvalue weighted by Crippen LogP contribution is 2.21. The molecule has 13 N–H and O–H groups in total. The standard InChI is InChI=1S/C41H60N12O10/c1-5-22(4)33-39(62)50-29(17-24-19-44-20-46-24)40(63)53-15-7-9-30(53)37(60)48-28(18-31(55)56)35(58)47-26(8-6-14-45-41(42)43)34(57)51-32(21(2)3)38(61)49-27(36(59)52-33)16-23-10-12-25(54)13-11-23/h10-13,19-22,26-30,32-33,54H,5-9,14-18H2,1-4H3,(H,44,46)(H,47,58)(H,48,60)(H,49,61)(H,50,62)(H,51,57)(H,52,59)(H,55,56)(H4,42,43,45). The third-order valence-corrected chi connectivity index (χ3v) is 11.1. The van der Waals surface area contributed by atoms with Crippen molar-refractivity contribution in [1.29, 1.82) is 0 Å². The highest BCUT2D eigenvalue weighted by atomic mass is 16.4. The van der Waals surface area contributed by atoms with Crippen molar-refractivity contribution in [3.63, 3.8) is 0 Å². The van der Waals surface area contributed by atoms with Gasteiger partial charge in [0.15, 0.2) is 5.96 Å². The van der Waals surface area contributed by atoms with Crippen LogP contribution in [0.25, 0.3) is 0 Å². The Hall–Kier alpha value is -6.74. The molecular weight excluding hydrogens is 821 g/mol. The van der Waals surface area contributed by atoms with Crippen LogP contribution in [-0.2, 0) is 51.2 Å². The molecule has 1 aromatic carbocycles. The zero-order valence-electron chi connectivity index (χ0n) is 35.9. The normalized spacial score (nSPS) is 25.0. The summed E-state index contributed by atoms with van der Waals surface area (Å²) in [6.07, 6.45) is 2.71. The van der Waals surface area contributed by atoms with Gasteiger partial charge in [-0.2, -0.15) is 0 Å². The van der Waals surface area contributed by atoms with Crippen molar-refractivity contribution in [2.45, 2.75) is 121 Å². The lowest BCUT2D eigenvalue weighted by Crippen LogP contribution is -2.61. The molecule has 2 aliphatic rings. The quantitative estimate of drug-likeness (QED) is 0.0593. The Balaban J connectivity index is 1.82. The molecule has 2 fully saturated rings. The fourth-order valence-corrected chi connectivity index (χ4v) is 7.36. The molecule has 0 spiro atoms. The molecule has 3 heterocycles. The van der Waals surface area contributed by atoms with Gasteiger partial charge in [0.25, 0.3) is 0 Å². The van der Waals surface area contributed by atoms with E-state index in [0.29, 0.717) is 24.1 Å². The van der Waals surface area contributed by atoms with E-state index < -0.39 is 108 Å². The SMILES string of the molecule is CCC(C)C1NC(=O)C(Cc2ccc(O)cc2)NC(=O)C(C(C)C)NC(=O)C(CCCN=C(N)N)NC(=O)C(CC(=O)O)NC(=O)C2CCCN2C(=O)C(Cc2cnc[nH]2)NC1=O. The van der Waals surface area contributed by atoms with E-state index in [2.05, 4.69) is 46.9 Å². The Morgan fingerprint density at radius 1 is 0.810 bits per heavy atom. The number of aliphatic imine (C=N–C) groups is 1. The van der Waals surface area contributed by atoms with E-state index >= 15 is 0 Å². The molecule has 22 nitrogen and oxygen atoms in total. The molecule has 22 heteroatoms. The highest BCUT2D eigenvalue weighted by molar-refractivity contribution is 5.99. The first-order valence-electron chi connectivity index (χ1n) is 21.0. The van der Waals surface area contributed by atoms with E-state index in [1.54, 1.807) is 39.8 Å². The van der Waals surface area contributed by atoms with Crippen molar-refractivity contribution >= 4 is 53.3 Å². The molecule has 0 bridgehead atoms. The van der Waals surface area contributed by atoms with Crippen LogP contribution >= 0.6 is 0 Å². The smallest absolute Gasteiger partial charge is 0.305 e. The molecule has 2 aliphatic heterocycles. The lowest BCUT2D eigenvalue weighted by atomic mass is 9.96. The number of aromatic hydroxyl groups is 1. The maximum Gasteiger partial charge on any atom is 0.305 e. The first-order chi connectivity index (χ1) is 29.9. The van der Waals surface area contributed by atoms with Gasteiger partial charge in [-0.15, -0.1) is 0 Å². The summed E-state index contributed by atoms with van der Waals surface area (Å²) in [5, 5.41) is 35.6. The number of H-pyrrole nitrogens is 1. The third-order valence-electron chi connectivity index (χ3n) is 11.1. The van der Waals surface area contributed by atoms with Crippen molar-refractivity contribution in [3.05, 3.63) is 48.0 Å². The molecule has 2 aromatic rings. The number of amides is 7. The summed E-state index contributed by atoms with van der Waals surface area (Å²) >= 11 is 0. The van der Waals surface area contributed by atoms with Crippen LogP contribution in [0.15, 0.2) is 41.8 Å². The van der Waals surface area contributed by atoms with E-state index in [1.807, 2.05) is 0 Å². The average Bonchev–Trinajstić information content (AvgIpc) is 3.94. The third kappa shape index (κ3) is 14.1. The number of carboxylic acid groups (broad SMARTS) is 1. The van der Waals surface area contributed by atoms with Gasteiger partial charge >= 0.3 is 5.97 Å². The second-order valence-electron chi connectivity index (χ2n) is 16.2. The van der Waals surface area contributed by atoms with Crippen molar-refractivity contribution in [3.8, 4) is 5.75 Å². The number of nitrogens with two attached hydrogens (primary N) is 2. The van der Waals surface area contributed by atoms with Crippen molar-refractivity contribution in [2.75, 3.05) is 13.1 Å². The number of nitrogens with one attached hydrogen (secondary N) is 7. The van der Waals surface area contributed by atoms with E-state index in [4.69, 9.17) is 11.5 Å². The maximum absolute atomic E-state index is 14.4. The number of carboxylic acids is 1. The first-order valence-corrected chi connectivity index (χ1v) is 21.0. The summed E-state index contributed by atoms with van der Waals surface area (Å²) < 4.78 is 0. The van der Waals surface area contributed by atoms with Crippen LogP contribution in [0.1, 0.15) is 77.5 Å². The van der Waals surface area contributed by atoms with Gasteiger partial charge in [-0.25, -0.2) is 4.98 Å². The van der Waals surface area contributed by atoms with E-state index in [1.165, 1.54) is 29.6 Å². The minimum Gasteiger partial charge on any atom is -0.508 e. The first kappa shape index (κ1) is 48.9. The number of hydrogen-bond acceptors (Lipinski definition) is 11. The van der Waals surface area contributed by atoms with Gasteiger partial charge < -0.3 is 63.5 Å². The van der Waals surface area contributed by atoms with Crippen LogP contribution < -0.4 is 43.4 Å². The van der Waals surface area contributed by atoms with Gasteiger partial charge in [0.05, 0.1) is 12.7 Å². The number of guanidine groups is 1. The maximum atomic E-state index is 14.4. The summed E-state index contributed by atoms with van der Waals surface area (Å²) in [5.74, 6) is -8.48. The minimum absolute atomic E-state index is 0.0379. The molecule has 0 radical (unpaired) electrons. The van der Waals surface area contributed by atoms with Crippen molar-refractivity contribution in [2.24, 2.45) is 28.3 Å². The minimum atomic E-state index is -1.71. The van der Waals surface area contributed by atoms with E-state index in [9.17, 15) is 48.6 Å². The number of nitrogens with zero attached hydrogens (tertiary/aromatic N) is 3. The van der Waals surface area contributed by atoms with Gasteiger partial charge in [-0.1, -0.05) is 46.2 Å². The number of carbonyl (C=O) groups excluding carboxylic acids is 7. The predicted octanol–water partition coefficient (Wildman–Crippen LogP) is -1.96. The molecule has 8 unspecified atom stereocenters. The molecule has 7 amide bonds. The molecule has 63 heavy (non-hydrogen) atoms. The van der Waals surface area contributed by atoms with Crippen LogP contribution in [0, 0.1) is 11.8 Å². The molecule has 8 atom stereocenters. The Labute approximate surface area is 364 Å². The number of hydrogen-bond donors (Lipinski definition) is 11. The van der Waals surface area contributed by atoms with Crippen LogP contribution in [-0.4, -0.2) is 134 Å². The number of aromatic amines is 1. The number of phenols is 1. The molecule has 0 aliphatic carbocycles. The van der Waals surface area contributed by atoms with Crippen LogP contribution in [0.2, 0.25) is 0 Å². The number of phenolic OH excluding ortho intramolecular Hbond substituents is 1. The highest BCUT2D eigenvalue weighted by Gasteiger charge is 2.41.